The van der Waals surface area contributed by atoms with Crippen LogP contribution in [0.1, 0.15) is 49.7 Å². The number of halogens is 2. The quantitative estimate of drug-likeness (QED) is 0.102. The molecule has 4 aromatic carbocycles. The Hall–Kier alpha value is -5.23. The van der Waals surface area contributed by atoms with Gasteiger partial charge in [0.1, 0.15) is 5.52 Å². The van der Waals surface area contributed by atoms with Gasteiger partial charge in [0.25, 0.3) is 5.56 Å². The average molecular weight is 1040 g/mol. The van der Waals surface area contributed by atoms with Gasteiger partial charge in [0.2, 0.25) is 11.8 Å². The van der Waals surface area contributed by atoms with Gasteiger partial charge >= 0.3 is 0 Å². The van der Waals surface area contributed by atoms with Gasteiger partial charge in [-0.2, -0.15) is 5.10 Å². The number of piperidine rings is 1. The van der Waals surface area contributed by atoms with Gasteiger partial charge in [-0.25, -0.2) is 4.98 Å². The van der Waals surface area contributed by atoms with Crippen LogP contribution in [-0.2, 0) is 36.3 Å². The number of aryl methyl sites for hydroxylation is 1. The van der Waals surface area contributed by atoms with E-state index in [2.05, 4.69) is 92.8 Å². The highest BCUT2D eigenvalue weighted by atomic mass is 79.9. The number of nitrogens with one attached hydrogen (secondary N) is 1. The number of β-amino-alcohol motifs (C(OH)–C–C–N with tert-alkyl or cyclic N) is 1. The fraction of sp³-hybridized carbons (Fsp3) is 0.392. The van der Waals surface area contributed by atoms with Crippen LogP contribution in [0.4, 0.5) is 0 Å². The Balaban J connectivity index is 0.721. The molecule has 9 rings (SSSR count). The summed E-state index contributed by atoms with van der Waals surface area (Å²) in [4.78, 5) is 50.9. The summed E-state index contributed by atoms with van der Waals surface area (Å²) >= 11 is 7.23. The number of hydrogen-bond acceptors (Lipinski definition) is 9. The lowest BCUT2D eigenvalue weighted by molar-refractivity contribution is -0.136. The number of aliphatic hydroxyl groups is 2. The van der Waals surface area contributed by atoms with Gasteiger partial charge in [0, 0.05) is 115 Å². The van der Waals surface area contributed by atoms with Crippen molar-refractivity contribution in [2.24, 2.45) is 7.05 Å². The highest BCUT2D eigenvalue weighted by Crippen LogP contribution is 2.34. The van der Waals surface area contributed by atoms with Crippen LogP contribution in [0.15, 0.2) is 111 Å². The molecule has 0 radical (unpaired) electrons. The zero-order valence-corrected chi connectivity index (χ0v) is 41.1. The van der Waals surface area contributed by atoms with Crippen LogP contribution in [0.5, 0.6) is 0 Å². The van der Waals surface area contributed by atoms with Crippen LogP contribution >= 0.6 is 31.9 Å². The Morgan fingerprint density at radius 1 is 0.821 bits per heavy atom. The number of fused-ring (bicyclic) bond motifs is 4. The highest BCUT2D eigenvalue weighted by Gasteiger charge is 2.35. The largest absolute Gasteiger partial charge is 0.390 e. The summed E-state index contributed by atoms with van der Waals surface area (Å²) in [5, 5.41) is 32.7. The number of likely N-dealkylation sites (tertiary alicyclic amines) is 1. The van der Waals surface area contributed by atoms with Crippen LogP contribution in [0.3, 0.4) is 0 Å². The molecule has 7 aromatic rings. The molecule has 67 heavy (non-hydrogen) atoms. The molecule has 2 amide bonds. The third kappa shape index (κ3) is 10.6. The van der Waals surface area contributed by atoms with Crippen molar-refractivity contribution < 1.29 is 19.8 Å². The number of nitrogens with zero attached hydrogens (tertiary/aromatic N) is 8. The average Bonchev–Trinajstić information content (AvgIpc) is 3.82. The van der Waals surface area contributed by atoms with E-state index < -0.39 is 11.7 Å². The minimum Gasteiger partial charge on any atom is -0.390 e. The van der Waals surface area contributed by atoms with E-state index in [1.807, 2.05) is 71.6 Å². The molecule has 2 aliphatic heterocycles. The third-order valence-corrected chi connectivity index (χ3v) is 14.6. The Morgan fingerprint density at radius 3 is 2.12 bits per heavy atom. The second-order valence-electron chi connectivity index (χ2n) is 18.4. The van der Waals surface area contributed by atoms with Gasteiger partial charge in [-0.05, 0) is 66.3 Å². The molecule has 0 spiro atoms. The molecular formula is C51H57Br2N9O5. The fourth-order valence-corrected chi connectivity index (χ4v) is 10.5. The predicted octanol–water partition coefficient (Wildman–Crippen LogP) is 6.66. The minimum absolute atomic E-state index is 0.0116. The van der Waals surface area contributed by atoms with Crippen molar-refractivity contribution in [3.8, 4) is 11.3 Å². The first-order valence-electron chi connectivity index (χ1n) is 23.1. The van der Waals surface area contributed by atoms with Crippen LogP contribution in [0, 0.1) is 0 Å². The molecular weight excluding hydrogens is 978 g/mol. The monoisotopic (exact) mass is 1030 g/mol. The SMILES string of the molecule is C[C@H](CC(=O)N1CCC(O)(Cn2cnc3c(-c4ccc(CNC(=O)CCN5CCN(C[C@@H](O)Cn6c7ccc(Br)cc7c7cc(Br)ccc76)CC5)cc4)n(C)nc3c2=O)CC1)c1ccccc1. The first-order chi connectivity index (χ1) is 32.3. The number of aliphatic hydroxyl groups excluding tert-OH is 1. The lowest BCUT2D eigenvalue weighted by atomic mass is 9.90. The van der Waals surface area contributed by atoms with Crippen molar-refractivity contribution >= 4 is 76.5 Å². The molecule has 16 heteroatoms. The van der Waals surface area contributed by atoms with Crippen LogP contribution in [-0.4, -0.2) is 125 Å². The van der Waals surface area contributed by atoms with Crippen molar-refractivity contribution in [3.63, 3.8) is 0 Å². The molecule has 2 fully saturated rings. The molecule has 0 saturated carbocycles. The maximum Gasteiger partial charge on any atom is 0.281 e. The molecule has 2 aliphatic rings. The lowest BCUT2D eigenvalue weighted by Crippen LogP contribution is -2.49. The summed E-state index contributed by atoms with van der Waals surface area (Å²) in [6.07, 6.45) is 2.47. The molecule has 3 N–H and O–H groups in total. The topological polar surface area (TPSA) is 154 Å². The van der Waals surface area contributed by atoms with Gasteiger partial charge in [-0.15, -0.1) is 0 Å². The molecule has 2 saturated heterocycles. The summed E-state index contributed by atoms with van der Waals surface area (Å²) in [6, 6.07) is 30.4. The van der Waals surface area contributed by atoms with Crippen molar-refractivity contribution in [2.75, 3.05) is 52.4 Å². The molecule has 14 nitrogen and oxygen atoms in total. The van der Waals surface area contributed by atoms with E-state index in [9.17, 15) is 24.6 Å². The molecule has 0 aliphatic carbocycles. The second-order valence-corrected chi connectivity index (χ2v) is 20.3. The number of amides is 2. The molecule has 3 aromatic heterocycles. The number of hydrogen-bond donors (Lipinski definition) is 3. The van der Waals surface area contributed by atoms with E-state index in [1.165, 1.54) is 10.9 Å². The smallest absolute Gasteiger partial charge is 0.281 e. The second kappa shape index (κ2) is 20.2. The van der Waals surface area contributed by atoms with Gasteiger partial charge in [0.05, 0.1) is 36.8 Å². The summed E-state index contributed by atoms with van der Waals surface area (Å²) < 4.78 is 7.35. The zero-order valence-electron chi connectivity index (χ0n) is 38.0. The van der Waals surface area contributed by atoms with Crippen LogP contribution in [0.25, 0.3) is 44.1 Å². The number of rotatable bonds is 15. The van der Waals surface area contributed by atoms with E-state index in [0.717, 1.165) is 73.6 Å². The van der Waals surface area contributed by atoms with Crippen molar-refractivity contribution in [3.05, 3.63) is 128 Å². The molecule has 350 valence electrons. The minimum atomic E-state index is -1.15. The van der Waals surface area contributed by atoms with E-state index in [0.29, 0.717) is 76.2 Å². The maximum atomic E-state index is 13.7. The van der Waals surface area contributed by atoms with E-state index in [1.54, 1.807) is 11.7 Å². The number of aromatic nitrogens is 5. The first kappa shape index (κ1) is 46.9. The summed E-state index contributed by atoms with van der Waals surface area (Å²) in [5.41, 5.74) is 5.02. The predicted molar refractivity (Wildman–Crippen MR) is 269 cm³/mol. The summed E-state index contributed by atoms with van der Waals surface area (Å²) in [7, 11) is 1.78. The summed E-state index contributed by atoms with van der Waals surface area (Å²) in [6.45, 7) is 8.45. The number of carbonyl (C=O) groups excluding carboxylic acids is 2. The normalized spacial score (nSPS) is 16.8. The molecule has 0 bridgehead atoms. The van der Waals surface area contributed by atoms with Gasteiger partial charge in [0.15, 0.2) is 5.52 Å². The van der Waals surface area contributed by atoms with Crippen LogP contribution in [0.2, 0.25) is 0 Å². The zero-order chi connectivity index (χ0) is 46.8. The molecule has 2 atom stereocenters. The lowest BCUT2D eigenvalue weighted by Gasteiger charge is -2.38. The van der Waals surface area contributed by atoms with Gasteiger partial charge in [-0.3, -0.25) is 28.5 Å². The number of benzene rings is 4. The number of carbonyl (C=O) groups is 2. The van der Waals surface area contributed by atoms with Gasteiger partial charge in [-0.1, -0.05) is 93.4 Å². The Bertz CT molecular complexity index is 2900. The Kier molecular flexibility index (Phi) is 14.1. The van der Waals surface area contributed by atoms with E-state index in [4.69, 9.17) is 0 Å². The highest BCUT2D eigenvalue weighted by molar-refractivity contribution is 9.10. The van der Waals surface area contributed by atoms with Gasteiger partial charge < -0.3 is 29.9 Å². The van der Waals surface area contributed by atoms with Crippen molar-refractivity contribution in [1.82, 2.24) is 43.9 Å². The molecule has 5 heterocycles. The third-order valence-electron chi connectivity index (χ3n) is 13.7. The van der Waals surface area contributed by atoms with E-state index in [-0.39, 0.29) is 35.4 Å². The van der Waals surface area contributed by atoms with Crippen LogP contribution < -0.4 is 10.9 Å². The van der Waals surface area contributed by atoms with E-state index >= 15 is 0 Å². The first-order valence-corrected chi connectivity index (χ1v) is 24.7. The Morgan fingerprint density at radius 2 is 1.46 bits per heavy atom. The van der Waals surface area contributed by atoms with Crippen molar-refractivity contribution in [2.45, 2.75) is 69.9 Å². The fourth-order valence-electron chi connectivity index (χ4n) is 9.81. The molecule has 0 unspecified atom stereocenters. The Labute approximate surface area is 406 Å². The maximum absolute atomic E-state index is 13.7. The summed E-state index contributed by atoms with van der Waals surface area (Å²) in [5.74, 6) is 0.157. The number of piperazine rings is 1. The van der Waals surface area contributed by atoms with Crippen molar-refractivity contribution in [1.29, 1.82) is 0 Å². The standard InChI is InChI=1S/C51H57Br2N9O5/c1-34(36-6-4-3-5-7-36)26-46(65)60-20-17-51(67,18-21-60)32-61-33-55-47-48(50(61)66)56-57(2)49(47)37-10-8-35(9-11-37)29-54-45(64)16-19-58-22-24-59(25-23-58)30-40(63)31-62-43-14-12-38(52)27-41(43)42-28-39(53)13-15-44(42)62/h3-15,27-28,33-34,40,63,67H,16-26,29-32H2,1-2H3,(H,54,64)/t34-,40-/m1/s1.